The average Bonchev–Trinajstić information content (AvgIpc) is 3.12. The molecule has 0 aromatic carbocycles. The Morgan fingerprint density at radius 3 is 3.08 bits per heavy atom. The molecule has 4 rings (SSSR count). The maximum Gasteiger partial charge on any atom is 0.250 e. The maximum absolute atomic E-state index is 13.7. The summed E-state index contributed by atoms with van der Waals surface area (Å²) in [6, 6.07) is 6.97. The largest absolute Gasteiger partial charge is 0.475 e. The monoisotopic (exact) mass is 329 g/mol. The third-order valence-corrected chi connectivity index (χ3v) is 4.94. The number of ether oxygens (including phenoxy) is 2. The molecule has 0 radical (unpaired) electrons. The molecule has 2 aromatic heterocycles. The second-order valence-corrected chi connectivity index (χ2v) is 6.68. The number of aromatic nitrogens is 2. The molecule has 0 saturated carbocycles. The number of hydrogen-bond acceptors (Lipinski definition) is 5. The van der Waals surface area contributed by atoms with Crippen molar-refractivity contribution in [1.29, 1.82) is 0 Å². The van der Waals surface area contributed by atoms with Gasteiger partial charge in [0.05, 0.1) is 19.8 Å². The van der Waals surface area contributed by atoms with E-state index in [4.69, 9.17) is 9.47 Å². The molecule has 2 atom stereocenters. The van der Waals surface area contributed by atoms with Crippen LogP contribution in [-0.2, 0) is 11.3 Å². The number of hydrogen-bond donors (Lipinski definition) is 0. The number of fused-ring (bicyclic) bond motifs is 1. The summed E-state index contributed by atoms with van der Waals surface area (Å²) >= 11 is 0. The Labute approximate surface area is 140 Å². The predicted molar refractivity (Wildman–Crippen MR) is 85.9 cm³/mol. The molecule has 0 spiro atoms. The summed E-state index contributed by atoms with van der Waals surface area (Å²) in [7, 11) is 0. The van der Waals surface area contributed by atoms with Crippen LogP contribution in [0.3, 0.4) is 0 Å². The minimum atomic E-state index is -0.422. The van der Waals surface area contributed by atoms with Crippen molar-refractivity contribution >= 4 is 0 Å². The van der Waals surface area contributed by atoms with Crippen molar-refractivity contribution in [2.24, 2.45) is 11.3 Å². The van der Waals surface area contributed by atoms with Gasteiger partial charge < -0.3 is 9.47 Å². The topological polar surface area (TPSA) is 47.5 Å². The lowest BCUT2D eigenvalue weighted by molar-refractivity contribution is 0.0862. The van der Waals surface area contributed by atoms with Crippen LogP contribution in [0.1, 0.15) is 5.56 Å². The summed E-state index contributed by atoms with van der Waals surface area (Å²) in [6.45, 7) is 4.51. The highest BCUT2D eigenvalue weighted by Crippen LogP contribution is 2.42. The summed E-state index contributed by atoms with van der Waals surface area (Å²) < 4.78 is 25.2. The highest BCUT2D eigenvalue weighted by atomic mass is 19.1. The van der Waals surface area contributed by atoms with Gasteiger partial charge in [0.2, 0.25) is 5.88 Å². The van der Waals surface area contributed by atoms with Crippen LogP contribution >= 0.6 is 0 Å². The van der Waals surface area contributed by atoms with Crippen LogP contribution in [-0.4, -0.2) is 47.8 Å². The summed E-state index contributed by atoms with van der Waals surface area (Å²) in [4.78, 5) is 10.6. The molecule has 2 aliphatic rings. The summed E-state index contributed by atoms with van der Waals surface area (Å²) in [5, 5.41) is 0. The van der Waals surface area contributed by atoms with Crippen LogP contribution in [0.15, 0.2) is 42.9 Å². The molecule has 24 heavy (non-hydrogen) atoms. The zero-order valence-electron chi connectivity index (χ0n) is 13.4. The molecule has 2 aromatic rings. The molecule has 0 amide bonds. The SMILES string of the molecule is Fc1cccnc1OC[C@]12COC[C@H]1CN(Cc1cccnc1)C2. The van der Waals surface area contributed by atoms with Crippen molar-refractivity contribution in [2.45, 2.75) is 6.54 Å². The Kier molecular flexibility index (Phi) is 4.16. The van der Waals surface area contributed by atoms with Crippen LogP contribution in [0, 0.1) is 17.2 Å². The first-order chi connectivity index (χ1) is 11.8. The van der Waals surface area contributed by atoms with E-state index in [0.29, 0.717) is 19.1 Å². The molecule has 0 aliphatic carbocycles. The zero-order valence-corrected chi connectivity index (χ0v) is 13.4. The minimum absolute atomic E-state index is 0.0724. The number of halogens is 1. The average molecular weight is 329 g/mol. The van der Waals surface area contributed by atoms with Crippen molar-refractivity contribution in [3.63, 3.8) is 0 Å². The lowest BCUT2D eigenvalue weighted by atomic mass is 9.82. The molecule has 0 N–H and O–H groups in total. The molecule has 2 saturated heterocycles. The van der Waals surface area contributed by atoms with Gasteiger partial charge in [0.1, 0.15) is 0 Å². The van der Waals surface area contributed by atoms with Gasteiger partial charge in [-0.05, 0) is 23.8 Å². The Bertz CT molecular complexity index is 700. The van der Waals surface area contributed by atoms with Crippen LogP contribution in [0.4, 0.5) is 4.39 Å². The van der Waals surface area contributed by atoms with Gasteiger partial charge in [0, 0.05) is 49.6 Å². The summed E-state index contributed by atoms with van der Waals surface area (Å²) in [5.74, 6) is 0.0544. The van der Waals surface area contributed by atoms with Gasteiger partial charge in [-0.3, -0.25) is 9.88 Å². The van der Waals surface area contributed by atoms with Crippen molar-refractivity contribution in [2.75, 3.05) is 32.9 Å². The first-order valence-corrected chi connectivity index (χ1v) is 8.17. The van der Waals surface area contributed by atoms with Crippen molar-refractivity contribution in [3.05, 3.63) is 54.2 Å². The van der Waals surface area contributed by atoms with Gasteiger partial charge in [-0.15, -0.1) is 0 Å². The van der Waals surface area contributed by atoms with Crippen LogP contribution in [0.5, 0.6) is 5.88 Å². The molecule has 0 bridgehead atoms. The fourth-order valence-electron chi connectivity index (χ4n) is 3.71. The van der Waals surface area contributed by atoms with E-state index in [0.717, 1.165) is 26.2 Å². The smallest absolute Gasteiger partial charge is 0.250 e. The Morgan fingerprint density at radius 1 is 1.33 bits per heavy atom. The second kappa shape index (κ2) is 6.45. The van der Waals surface area contributed by atoms with E-state index >= 15 is 0 Å². The Balaban J connectivity index is 1.44. The fourth-order valence-corrected chi connectivity index (χ4v) is 3.71. The molecule has 5 nitrogen and oxygen atoms in total. The van der Waals surface area contributed by atoms with E-state index in [1.54, 1.807) is 18.5 Å². The quantitative estimate of drug-likeness (QED) is 0.841. The zero-order chi connectivity index (χ0) is 16.4. The second-order valence-electron chi connectivity index (χ2n) is 6.68. The molecule has 0 unspecified atom stereocenters. The summed E-state index contributed by atoms with van der Waals surface area (Å²) in [6.07, 6.45) is 5.23. The number of nitrogens with zero attached hydrogens (tertiary/aromatic N) is 3. The molecule has 2 fully saturated rings. The highest BCUT2D eigenvalue weighted by Gasteiger charge is 2.51. The highest BCUT2D eigenvalue weighted by molar-refractivity contribution is 5.14. The first kappa shape index (κ1) is 15.5. The van der Waals surface area contributed by atoms with Gasteiger partial charge >= 0.3 is 0 Å². The normalized spacial score (nSPS) is 26.5. The van der Waals surface area contributed by atoms with Gasteiger partial charge in [-0.1, -0.05) is 6.07 Å². The minimum Gasteiger partial charge on any atom is -0.475 e. The molecule has 126 valence electrons. The van der Waals surface area contributed by atoms with E-state index in [1.807, 2.05) is 12.3 Å². The third-order valence-electron chi connectivity index (χ3n) is 4.94. The fraction of sp³-hybridized carbons (Fsp3) is 0.444. The van der Waals surface area contributed by atoms with Crippen molar-refractivity contribution in [1.82, 2.24) is 14.9 Å². The lowest BCUT2D eigenvalue weighted by Crippen LogP contribution is -2.37. The van der Waals surface area contributed by atoms with Gasteiger partial charge in [-0.2, -0.15) is 0 Å². The maximum atomic E-state index is 13.7. The number of rotatable bonds is 5. The van der Waals surface area contributed by atoms with Crippen LogP contribution < -0.4 is 4.74 Å². The number of likely N-dealkylation sites (tertiary alicyclic amines) is 1. The van der Waals surface area contributed by atoms with Gasteiger partial charge in [0.15, 0.2) is 5.82 Å². The van der Waals surface area contributed by atoms with Crippen molar-refractivity contribution in [3.8, 4) is 5.88 Å². The lowest BCUT2D eigenvalue weighted by Gasteiger charge is -2.27. The standard InChI is InChI=1S/C18H20FN3O2/c19-16-4-2-6-21-17(16)24-13-18-11-22(9-15(18)10-23-12-18)8-14-3-1-5-20-7-14/h1-7,15H,8-13H2/t15-,18+/m1/s1. The number of pyridine rings is 2. The van der Waals surface area contributed by atoms with Gasteiger partial charge in [-0.25, -0.2) is 9.37 Å². The third kappa shape index (κ3) is 2.99. The molecular weight excluding hydrogens is 309 g/mol. The Morgan fingerprint density at radius 2 is 2.25 bits per heavy atom. The first-order valence-electron chi connectivity index (χ1n) is 8.17. The van der Waals surface area contributed by atoms with Crippen molar-refractivity contribution < 1.29 is 13.9 Å². The predicted octanol–water partition coefficient (Wildman–Crippen LogP) is 2.14. The van der Waals surface area contributed by atoms with Crippen LogP contribution in [0.25, 0.3) is 0 Å². The van der Waals surface area contributed by atoms with E-state index in [9.17, 15) is 4.39 Å². The molecule has 2 aliphatic heterocycles. The summed E-state index contributed by atoms with van der Waals surface area (Å²) in [5.41, 5.74) is 1.11. The molecular formula is C18H20FN3O2. The Hall–Kier alpha value is -2.05. The van der Waals surface area contributed by atoms with Crippen LogP contribution in [0.2, 0.25) is 0 Å². The molecule has 4 heterocycles. The van der Waals surface area contributed by atoms with E-state index < -0.39 is 5.82 Å². The van der Waals surface area contributed by atoms with E-state index in [-0.39, 0.29) is 11.3 Å². The van der Waals surface area contributed by atoms with E-state index in [2.05, 4.69) is 20.9 Å². The van der Waals surface area contributed by atoms with E-state index in [1.165, 1.54) is 11.6 Å². The van der Waals surface area contributed by atoms with Gasteiger partial charge in [0.25, 0.3) is 0 Å². The molecule has 6 heteroatoms.